The molecular formula is C13H16N2O2S2. The lowest BCUT2D eigenvalue weighted by atomic mass is 10.2. The summed E-state index contributed by atoms with van der Waals surface area (Å²) in [6, 6.07) is 5.84. The Bertz CT molecular complexity index is 476. The lowest BCUT2D eigenvalue weighted by molar-refractivity contribution is 0.171. The first-order valence-electron chi connectivity index (χ1n) is 6.36. The summed E-state index contributed by atoms with van der Waals surface area (Å²) in [4.78, 5) is 2.21. The molecule has 4 nitrogen and oxygen atoms in total. The third-order valence-corrected chi connectivity index (χ3v) is 4.39. The molecule has 2 heterocycles. The molecule has 0 atom stereocenters. The maximum atomic E-state index is 5.57. The fourth-order valence-corrected chi connectivity index (χ4v) is 3.29. The minimum atomic E-state index is 0.601. The van der Waals surface area contributed by atoms with Crippen LogP contribution in [0.5, 0.6) is 11.5 Å². The minimum absolute atomic E-state index is 0.601. The van der Waals surface area contributed by atoms with E-state index in [0.717, 1.165) is 46.9 Å². The van der Waals surface area contributed by atoms with Crippen LogP contribution in [0.4, 0.5) is 5.69 Å². The number of hydrogen-bond donors (Lipinski definition) is 1. The maximum Gasteiger partial charge on any atom is 0.173 e. The third kappa shape index (κ3) is 3.06. The van der Waals surface area contributed by atoms with Crippen LogP contribution in [-0.4, -0.2) is 47.8 Å². The van der Waals surface area contributed by atoms with Crippen molar-refractivity contribution in [3.63, 3.8) is 0 Å². The van der Waals surface area contributed by atoms with Crippen LogP contribution in [0.25, 0.3) is 0 Å². The van der Waals surface area contributed by atoms with E-state index >= 15 is 0 Å². The van der Waals surface area contributed by atoms with E-state index in [1.807, 2.05) is 30.0 Å². The topological polar surface area (TPSA) is 33.7 Å². The van der Waals surface area contributed by atoms with E-state index in [0.29, 0.717) is 13.2 Å². The summed E-state index contributed by atoms with van der Waals surface area (Å²) < 4.78 is 11.1. The Hall–Kier alpha value is -1.14. The number of benzene rings is 1. The highest BCUT2D eigenvalue weighted by Crippen LogP contribution is 2.32. The van der Waals surface area contributed by atoms with Crippen molar-refractivity contribution < 1.29 is 9.47 Å². The Balaban J connectivity index is 1.67. The molecular weight excluding hydrogens is 280 g/mol. The van der Waals surface area contributed by atoms with Crippen molar-refractivity contribution >= 4 is 34.8 Å². The average Bonchev–Trinajstić information content (AvgIpc) is 2.48. The first kappa shape index (κ1) is 12.9. The third-order valence-electron chi connectivity index (χ3n) is 3.09. The van der Waals surface area contributed by atoms with E-state index in [9.17, 15) is 0 Å². The van der Waals surface area contributed by atoms with Crippen molar-refractivity contribution in [2.75, 3.05) is 43.1 Å². The summed E-state index contributed by atoms with van der Waals surface area (Å²) in [7, 11) is 0. The second-order valence-electron chi connectivity index (χ2n) is 4.39. The second-order valence-corrected chi connectivity index (χ2v) is 6.00. The summed E-state index contributed by atoms with van der Waals surface area (Å²) in [5.74, 6) is 3.87. The smallest absolute Gasteiger partial charge is 0.173 e. The molecule has 0 spiro atoms. The summed E-state index contributed by atoms with van der Waals surface area (Å²) in [5.41, 5.74) is 0.951. The van der Waals surface area contributed by atoms with Gasteiger partial charge in [-0.05, 0) is 24.4 Å². The van der Waals surface area contributed by atoms with Gasteiger partial charge in [0, 0.05) is 36.3 Å². The molecule has 102 valence electrons. The number of ether oxygens (including phenoxy) is 2. The van der Waals surface area contributed by atoms with Crippen LogP contribution in [0.15, 0.2) is 18.2 Å². The van der Waals surface area contributed by atoms with Crippen LogP contribution in [0.3, 0.4) is 0 Å². The number of fused-ring (bicyclic) bond motifs is 1. The van der Waals surface area contributed by atoms with E-state index in [1.165, 1.54) is 0 Å². The van der Waals surface area contributed by atoms with Gasteiger partial charge in [-0.3, -0.25) is 0 Å². The molecule has 1 N–H and O–H groups in total. The van der Waals surface area contributed by atoms with Gasteiger partial charge in [0.15, 0.2) is 16.6 Å². The zero-order valence-electron chi connectivity index (χ0n) is 10.6. The first-order valence-corrected chi connectivity index (χ1v) is 7.92. The number of hydrogen-bond acceptors (Lipinski definition) is 4. The fraction of sp³-hybridized carbons (Fsp3) is 0.462. The zero-order valence-corrected chi connectivity index (χ0v) is 12.2. The molecule has 6 heteroatoms. The highest BCUT2D eigenvalue weighted by Gasteiger charge is 2.15. The largest absolute Gasteiger partial charge is 0.486 e. The van der Waals surface area contributed by atoms with Crippen LogP contribution in [0, 0.1) is 0 Å². The Morgan fingerprint density at radius 2 is 1.89 bits per heavy atom. The van der Waals surface area contributed by atoms with Gasteiger partial charge in [-0.1, -0.05) is 0 Å². The van der Waals surface area contributed by atoms with Gasteiger partial charge in [0.25, 0.3) is 0 Å². The molecule has 2 aliphatic rings. The first-order chi connectivity index (χ1) is 9.33. The van der Waals surface area contributed by atoms with Gasteiger partial charge in [0.1, 0.15) is 13.2 Å². The molecule has 1 aromatic rings. The van der Waals surface area contributed by atoms with E-state index in [1.54, 1.807) is 0 Å². The molecule has 1 saturated heterocycles. The number of thioether (sulfide) groups is 1. The SMILES string of the molecule is S=C(Nc1ccc2c(c1)OCCO2)N1CCSCC1. The van der Waals surface area contributed by atoms with Gasteiger partial charge in [-0.15, -0.1) is 0 Å². The highest BCUT2D eigenvalue weighted by atomic mass is 32.2. The molecule has 0 bridgehead atoms. The van der Waals surface area contributed by atoms with Crippen LogP contribution in [-0.2, 0) is 0 Å². The van der Waals surface area contributed by atoms with Gasteiger partial charge in [-0.25, -0.2) is 0 Å². The summed E-state index contributed by atoms with van der Waals surface area (Å²) in [5, 5.41) is 4.06. The average molecular weight is 296 g/mol. The molecule has 0 unspecified atom stereocenters. The van der Waals surface area contributed by atoms with Crippen LogP contribution >= 0.6 is 24.0 Å². The van der Waals surface area contributed by atoms with E-state index < -0.39 is 0 Å². The summed E-state index contributed by atoms with van der Waals surface area (Å²) in [6.45, 7) is 3.25. The standard InChI is InChI=1S/C13H16N2O2S2/c18-13(15-3-7-19-8-4-15)14-10-1-2-11-12(9-10)17-6-5-16-11/h1-2,9H,3-8H2,(H,14,18). The van der Waals surface area contributed by atoms with Gasteiger partial charge in [-0.2, -0.15) is 11.8 Å². The Morgan fingerprint density at radius 1 is 1.16 bits per heavy atom. The van der Waals surface area contributed by atoms with E-state index in [-0.39, 0.29) is 0 Å². The predicted octanol–water partition coefficient (Wildman–Crippen LogP) is 2.20. The van der Waals surface area contributed by atoms with Crippen LogP contribution < -0.4 is 14.8 Å². The molecule has 2 aliphatic heterocycles. The molecule has 19 heavy (non-hydrogen) atoms. The van der Waals surface area contributed by atoms with Crippen LogP contribution in [0.1, 0.15) is 0 Å². The number of rotatable bonds is 1. The molecule has 0 aliphatic carbocycles. The van der Waals surface area contributed by atoms with Gasteiger partial charge >= 0.3 is 0 Å². The van der Waals surface area contributed by atoms with E-state index in [4.69, 9.17) is 21.7 Å². The van der Waals surface area contributed by atoms with Crippen molar-refractivity contribution in [2.45, 2.75) is 0 Å². The molecule has 1 aromatic carbocycles. The van der Waals surface area contributed by atoms with Crippen molar-refractivity contribution in [1.82, 2.24) is 4.90 Å². The Kier molecular flexibility index (Phi) is 3.98. The van der Waals surface area contributed by atoms with E-state index in [2.05, 4.69) is 10.2 Å². The second kappa shape index (κ2) is 5.88. The molecule has 0 aromatic heterocycles. The Morgan fingerprint density at radius 3 is 2.68 bits per heavy atom. The van der Waals surface area contributed by atoms with Gasteiger partial charge in [0.05, 0.1) is 0 Å². The van der Waals surface area contributed by atoms with Crippen molar-refractivity contribution in [1.29, 1.82) is 0 Å². The van der Waals surface area contributed by atoms with Crippen LogP contribution in [0.2, 0.25) is 0 Å². The summed E-state index contributed by atoms with van der Waals surface area (Å²) >= 11 is 7.42. The van der Waals surface area contributed by atoms with Crippen molar-refractivity contribution in [2.24, 2.45) is 0 Å². The lowest BCUT2D eigenvalue weighted by Gasteiger charge is -2.29. The molecule has 0 saturated carbocycles. The molecule has 0 amide bonds. The predicted molar refractivity (Wildman–Crippen MR) is 82.6 cm³/mol. The zero-order chi connectivity index (χ0) is 13.1. The lowest BCUT2D eigenvalue weighted by Crippen LogP contribution is -2.40. The highest BCUT2D eigenvalue weighted by molar-refractivity contribution is 7.99. The number of anilines is 1. The normalized spacial score (nSPS) is 18.0. The molecule has 0 radical (unpaired) electrons. The monoisotopic (exact) mass is 296 g/mol. The quantitative estimate of drug-likeness (QED) is 0.800. The number of nitrogens with one attached hydrogen (secondary N) is 1. The molecule has 1 fully saturated rings. The fourth-order valence-electron chi connectivity index (χ4n) is 2.09. The van der Waals surface area contributed by atoms with Gasteiger partial charge in [0.2, 0.25) is 0 Å². The van der Waals surface area contributed by atoms with Crippen molar-refractivity contribution in [3.05, 3.63) is 18.2 Å². The number of nitrogens with zero attached hydrogens (tertiary/aromatic N) is 1. The molecule has 3 rings (SSSR count). The Labute approximate surface area is 122 Å². The number of thiocarbonyl (C=S) groups is 1. The summed E-state index contributed by atoms with van der Waals surface area (Å²) in [6.07, 6.45) is 0. The minimum Gasteiger partial charge on any atom is -0.486 e. The van der Waals surface area contributed by atoms with Gasteiger partial charge < -0.3 is 19.7 Å². The maximum absolute atomic E-state index is 5.57. The van der Waals surface area contributed by atoms with Crippen molar-refractivity contribution in [3.8, 4) is 11.5 Å².